The van der Waals surface area contributed by atoms with Crippen molar-refractivity contribution in [2.75, 3.05) is 39.6 Å². The van der Waals surface area contributed by atoms with Gasteiger partial charge in [-0.05, 0) is 154 Å². The summed E-state index contributed by atoms with van der Waals surface area (Å²) in [5.74, 6) is -2.47. The number of phosphoric acid groups is 2. The first kappa shape index (κ1) is 99.9. The van der Waals surface area contributed by atoms with Crippen LogP contribution in [0.15, 0.2) is 194 Å². The summed E-state index contributed by atoms with van der Waals surface area (Å²) < 4.78 is 68.4. The molecule has 0 aliphatic heterocycles. The second kappa shape index (κ2) is 77.1. The van der Waals surface area contributed by atoms with Crippen molar-refractivity contribution >= 4 is 39.5 Å². The predicted octanol–water partition coefficient (Wildman–Crippen LogP) is 23.3. The third-order valence-electron chi connectivity index (χ3n) is 15.6. The zero-order chi connectivity index (χ0) is 77.4. The molecule has 0 amide bonds. The van der Waals surface area contributed by atoms with Gasteiger partial charge in [-0.3, -0.25) is 37.3 Å². The Hall–Kier alpha value is -6.10. The number of rotatable bonds is 72. The van der Waals surface area contributed by atoms with Crippen LogP contribution >= 0.6 is 15.6 Å². The van der Waals surface area contributed by atoms with Crippen LogP contribution < -0.4 is 0 Å². The van der Waals surface area contributed by atoms with Crippen LogP contribution in [-0.4, -0.2) is 96.7 Å². The van der Waals surface area contributed by atoms with Crippen molar-refractivity contribution in [2.45, 2.75) is 290 Å². The molecule has 5 atom stereocenters. The molecule has 3 N–H and O–H groups in total. The van der Waals surface area contributed by atoms with E-state index in [1.54, 1.807) is 6.08 Å². The second-order valence-corrected chi connectivity index (χ2v) is 28.5. The monoisotopic (exact) mass is 1520 g/mol. The van der Waals surface area contributed by atoms with E-state index < -0.39 is 97.5 Å². The number of phosphoric ester groups is 2. The van der Waals surface area contributed by atoms with Gasteiger partial charge in [0.1, 0.15) is 19.3 Å². The van der Waals surface area contributed by atoms with Gasteiger partial charge < -0.3 is 33.8 Å². The van der Waals surface area contributed by atoms with Crippen molar-refractivity contribution in [1.29, 1.82) is 0 Å². The van der Waals surface area contributed by atoms with Crippen LogP contribution in [0.2, 0.25) is 0 Å². The summed E-state index contributed by atoms with van der Waals surface area (Å²) >= 11 is 0. The Morgan fingerprint density at radius 2 is 0.566 bits per heavy atom. The second-order valence-electron chi connectivity index (χ2n) is 25.5. The Kier molecular flexibility index (Phi) is 72.6. The molecule has 0 aliphatic rings. The van der Waals surface area contributed by atoms with Gasteiger partial charge in [-0.25, -0.2) is 9.13 Å². The van der Waals surface area contributed by atoms with Crippen LogP contribution in [0.25, 0.3) is 0 Å². The number of allylic oxidation sites excluding steroid dienone is 31. The maximum absolute atomic E-state index is 13.1. The summed E-state index contributed by atoms with van der Waals surface area (Å²) in [6.07, 6.45) is 94.6. The molecule has 598 valence electrons. The Morgan fingerprint density at radius 3 is 0.915 bits per heavy atom. The third kappa shape index (κ3) is 76.1. The number of aliphatic hydroxyl groups excluding tert-OH is 1. The van der Waals surface area contributed by atoms with E-state index in [2.05, 4.69) is 180 Å². The number of carbonyl (C=O) groups is 4. The first-order chi connectivity index (χ1) is 51.7. The number of aliphatic hydroxyl groups is 1. The predicted molar refractivity (Wildman–Crippen MR) is 436 cm³/mol. The maximum Gasteiger partial charge on any atom is 0.472 e. The highest BCUT2D eigenvalue weighted by Crippen LogP contribution is 2.45. The summed E-state index contributed by atoms with van der Waals surface area (Å²) in [4.78, 5) is 72.9. The Labute approximate surface area is 640 Å². The van der Waals surface area contributed by atoms with Crippen molar-refractivity contribution in [3.63, 3.8) is 0 Å². The minimum atomic E-state index is -5.02. The van der Waals surface area contributed by atoms with E-state index in [1.165, 1.54) is 19.3 Å². The molecule has 0 heterocycles. The minimum absolute atomic E-state index is 0.0235. The molecule has 17 nitrogen and oxygen atoms in total. The van der Waals surface area contributed by atoms with E-state index in [0.29, 0.717) is 32.1 Å². The summed E-state index contributed by atoms with van der Waals surface area (Å²) in [6.45, 7) is 4.29. The molecule has 0 aliphatic carbocycles. The first-order valence-electron chi connectivity index (χ1n) is 39.7. The number of ether oxygens (including phenoxy) is 4. The normalized spacial score (nSPS) is 14.9. The van der Waals surface area contributed by atoms with Crippen molar-refractivity contribution in [2.24, 2.45) is 0 Å². The molecule has 0 saturated carbocycles. The number of hydrogen-bond donors (Lipinski definition) is 3. The van der Waals surface area contributed by atoms with Gasteiger partial charge in [-0.2, -0.15) is 0 Å². The maximum atomic E-state index is 13.1. The van der Waals surface area contributed by atoms with Crippen molar-refractivity contribution < 1.29 is 80.2 Å². The van der Waals surface area contributed by atoms with E-state index in [4.69, 9.17) is 37.0 Å². The minimum Gasteiger partial charge on any atom is -0.462 e. The van der Waals surface area contributed by atoms with E-state index in [-0.39, 0.29) is 25.7 Å². The molecule has 0 aromatic rings. The Bertz CT molecular complexity index is 2780. The molecule has 19 heteroatoms. The molecule has 0 fully saturated rings. The fraction of sp³-hybridized carbons (Fsp3) is 0.586. The lowest BCUT2D eigenvalue weighted by Gasteiger charge is -2.21. The standard InChI is InChI=1S/C87H138O17P2/c1-5-9-13-17-21-25-29-33-36-38-40-42-45-49-52-56-60-64-68-72-85(90)98-78-83(104-87(92)74-70-66-62-58-54-50-46-43-41-39-37-34-30-26-22-18-14-10-6-2)80-102-106(95,96)100-76-81(88)75-99-105(93,94)101-79-82(103-86(91)73-69-65-61-57-53-47-32-28-24-20-16-12-8-4)77-97-84(89)71-67-63-59-55-51-48-44-35-31-27-23-19-15-11-7-3/h9,11,13,15-16,20-23,25-28,32-37,40-44,49,51-52,55,60,63-64,67,81-83,88H,5-8,10,12,14,17-19,24,29-31,38-39,45-48,50,53-54,56-59,61-62,65-66,68-80H2,1-4H3,(H,93,94)(H,95,96)/b13-9-,15-11-,20-16-,25-21-,26-22-,27-23-,32-28-,36-33-,37-34-,42-40-,43-41-,44-35-,52-49-,55-51-,64-60-,67-63-. The van der Waals surface area contributed by atoms with E-state index in [0.717, 1.165) is 167 Å². The van der Waals surface area contributed by atoms with Gasteiger partial charge in [-0.1, -0.05) is 286 Å². The number of carbonyl (C=O) groups excluding carboxylic acids is 4. The van der Waals surface area contributed by atoms with Gasteiger partial charge in [0.2, 0.25) is 0 Å². The van der Waals surface area contributed by atoms with Crippen molar-refractivity contribution in [3.8, 4) is 0 Å². The highest BCUT2D eigenvalue weighted by molar-refractivity contribution is 7.47. The van der Waals surface area contributed by atoms with E-state index >= 15 is 0 Å². The molecular formula is C87H138O17P2. The lowest BCUT2D eigenvalue weighted by atomic mass is 10.1. The van der Waals surface area contributed by atoms with Gasteiger partial charge in [0.05, 0.1) is 32.8 Å². The summed E-state index contributed by atoms with van der Waals surface area (Å²) in [5.41, 5.74) is 0. The lowest BCUT2D eigenvalue weighted by molar-refractivity contribution is -0.161. The fourth-order valence-electron chi connectivity index (χ4n) is 9.60. The Balaban J connectivity index is 5.53. The van der Waals surface area contributed by atoms with Gasteiger partial charge >= 0.3 is 39.5 Å². The third-order valence-corrected chi connectivity index (χ3v) is 17.5. The lowest BCUT2D eigenvalue weighted by Crippen LogP contribution is -2.30. The average molecular weight is 1520 g/mol. The smallest absolute Gasteiger partial charge is 0.462 e. The van der Waals surface area contributed by atoms with E-state index in [1.807, 2.05) is 36.5 Å². The van der Waals surface area contributed by atoms with Crippen LogP contribution in [-0.2, 0) is 65.4 Å². The van der Waals surface area contributed by atoms with Crippen molar-refractivity contribution in [1.82, 2.24) is 0 Å². The van der Waals surface area contributed by atoms with Gasteiger partial charge in [0.15, 0.2) is 12.2 Å². The largest absolute Gasteiger partial charge is 0.472 e. The first-order valence-corrected chi connectivity index (χ1v) is 42.7. The van der Waals surface area contributed by atoms with Gasteiger partial charge in [0, 0.05) is 19.3 Å². The topological polar surface area (TPSA) is 237 Å². The molecule has 0 aromatic heterocycles. The fourth-order valence-corrected chi connectivity index (χ4v) is 11.2. The zero-order valence-corrected chi connectivity index (χ0v) is 67.1. The number of esters is 4. The van der Waals surface area contributed by atoms with Crippen LogP contribution in [0, 0.1) is 0 Å². The SMILES string of the molecule is CC/C=C\C/C=C\C/C=C\C/C=C\C/C=C\C/C=C\CCC(=O)OCC(COP(=O)(O)OCC(O)COP(=O)(O)OCC(COC(=O)C/C=C\C/C=C\C/C=C\C/C=C\C/C=C\CC)OC(=O)CCCCCCC/C=C\C/C=C\CCC)OC(=O)CCCCCCCC/C=C\C/C=C\C/C=C\CCCCC. The highest BCUT2D eigenvalue weighted by Gasteiger charge is 2.30. The van der Waals surface area contributed by atoms with Crippen LogP contribution in [0.5, 0.6) is 0 Å². The molecule has 5 unspecified atom stereocenters. The summed E-state index contributed by atoms with van der Waals surface area (Å²) in [5, 5.41) is 10.6. The number of hydrogen-bond acceptors (Lipinski definition) is 15. The zero-order valence-electron chi connectivity index (χ0n) is 65.3. The Morgan fingerprint density at radius 1 is 0.283 bits per heavy atom. The van der Waals surface area contributed by atoms with Gasteiger partial charge in [-0.15, -0.1) is 0 Å². The quantitative estimate of drug-likeness (QED) is 0.0169. The molecule has 0 spiro atoms. The highest BCUT2D eigenvalue weighted by atomic mass is 31.2. The number of unbranched alkanes of at least 4 members (excludes halogenated alkanes) is 15. The summed E-state index contributed by atoms with van der Waals surface area (Å²) in [6, 6.07) is 0. The van der Waals surface area contributed by atoms with Crippen LogP contribution in [0.3, 0.4) is 0 Å². The molecule has 0 bridgehead atoms. The van der Waals surface area contributed by atoms with Crippen LogP contribution in [0.4, 0.5) is 0 Å². The molecule has 0 saturated heterocycles. The molecule has 0 aromatic carbocycles. The summed E-state index contributed by atoms with van der Waals surface area (Å²) in [7, 11) is -10.0. The van der Waals surface area contributed by atoms with E-state index in [9.17, 15) is 43.2 Å². The molecular weight excluding hydrogens is 1380 g/mol. The molecule has 0 rings (SSSR count). The average Bonchev–Trinajstić information content (AvgIpc) is 0.903. The van der Waals surface area contributed by atoms with Crippen LogP contribution in [0.1, 0.15) is 272 Å². The molecule has 106 heavy (non-hydrogen) atoms. The van der Waals surface area contributed by atoms with Crippen molar-refractivity contribution in [3.05, 3.63) is 194 Å². The molecule has 0 radical (unpaired) electrons. The van der Waals surface area contributed by atoms with Gasteiger partial charge in [0.25, 0.3) is 0 Å².